The molecule has 1 fully saturated rings. The maximum absolute atomic E-state index is 14.6. The van der Waals surface area contributed by atoms with Crippen molar-refractivity contribution >= 4 is 28.9 Å². The Morgan fingerprint density at radius 2 is 1.94 bits per heavy atom. The number of carbonyl (C=O) groups excluding carboxylic acids is 1. The van der Waals surface area contributed by atoms with Gasteiger partial charge in [0.05, 0.1) is 11.4 Å². The highest BCUT2D eigenvalue weighted by Gasteiger charge is 2.35. The van der Waals surface area contributed by atoms with E-state index in [2.05, 4.69) is 5.32 Å². The van der Waals surface area contributed by atoms with E-state index in [1.165, 1.54) is 18.2 Å². The Morgan fingerprint density at radius 3 is 2.66 bits per heavy atom. The summed E-state index contributed by atoms with van der Waals surface area (Å²) in [5.41, 5.74) is 1.11. The second kappa shape index (κ2) is 9.24. The molecule has 2 aliphatic heterocycles. The third-order valence-electron chi connectivity index (χ3n) is 6.25. The number of ether oxygens (including phenoxy) is 1. The number of anilines is 2. The van der Waals surface area contributed by atoms with Crippen LogP contribution in [0.3, 0.4) is 0 Å². The van der Waals surface area contributed by atoms with Gasteiger partial charge < -0.3 is 20.1 Å². The van der Waals surface area contributed by atoms with Crippen molar-refractivity contribution in [1.82, 2.24) is 0 Å². The molecule has 0 saturated carbocycles. The molecule has 2 aliphatic rings. The smallest absolute Gasteiger partial charge is 0.224 e. The minimum atomic E-state index is -1.08. The molecule has 0 spiro atoms. The van der Waals surface area contributed by atoms with Crippen molar-refractivity contribution in [3.05, 3.63) is 52.0 Å². The van der Waals surface area contributed by atoms with Gasteiger partial charge in [-0.05, 0) is 55.5 Å². The number of piperidine rings is 1. The van der Waals surface area contributed by atoms with E-state index < -0.39 is 11.4 Å². The lowest BCUT2D eigenvalue weighted by Crippen LogP contribution is -2.48. The molecule has 0 bridgehead atoms. The van der Waals surface area contributed by atoms with Crippen molar-refractivity contribution in [1.29, 1.82) is 0 Å². The van der Waals surface area contributed by atoms with Gasteiger partial charge in [-0.2, -0.15) is 0 Å². The van der Waals surface area contributed by atoms with Gasteiger partial charge in [-0.25, -0.2) is 8.78 Å². The number of nitrogens with one attached hydrogen (secondary N) is 1. The summed E-state index contributed by atoms with van der Waals surface area (Å²) in [5.74, 6) is -0.627. The van der Waals surface area contributed by atoms with Crippen LogP contribution in [0, 0.1) is 11.6 Å². The Morgan fingerprint density at radius 1 is 1.19 bits per heavy atom. The normalized spacial score (nSPS) is 17.7. The van der Waals surface area contributed by atoms with Crippen LogP contribution in [0.2, 0.25) is 5.02 Å². The highest BCUT2D eigenvalue weighted by Crippen LogP contribution is 2.36. The van der Waals surface area contributed by atoms with E-state index in [4.69, 9.17) is 16.3 Å². The summed E-state index contributed by atoms with van der Waals surface area (Å²) in [7, 11) is 0. The Hall–Kier alpha value is -2.38. The predicted molar refractivity (Wildman–Crippen MR) is 121 cm³/mol. The summed E-state index contributed by atoms with van der Waals surface area (Å²) in [6, 6.07) is 5.95. The van der Waals surface area contributed by atoms with Crippen LogP contribution in [0.1, 0.15) is 43.7 Å². The number of aryl methyl sites for hydroxylation is 1. The minimum absolute atomic E-state index is 0.0387. The standard InChI is InChI=1S/C24H27ClF2N2O3/c1-2-3-15-12-20(19(27)13-17(15)25)29-10-8-24(31,9-11-29)14-32-21-6-5-18(26)23-16(21)4-7-22(30)28-23/h5-6,12-13,31H,2-4,7-11,14H2,1H3,(H,28,30). The summed E-state index contributed by atoms with van der Waals surface area (Å²) in [5, 5.41) is 14.0. The third-order valence-corrected chi connectivity index (χ3v) is 6.60. The first-order valence-electron chi connectivity index (χ1n) is 11.0. The molecule has 2 heterocycles. The molecule has 2 aromatic rings. The Bertz CT molecular complexity index is 1020. The van der Waals surface area contributed by atoms with Crippen molar-refractivity contribution in [2.24, 2.45) is 0 Å². The number of aliphatic hydroxyl groups is 1. The van der Waals surface area contributed by atoms with Crippen LogP contribution in [0.25, 0.3) is 0 Å². The van der Waals surface area contributed by atoms with Gasteiger partial charge in [0.1, 0.15) is 29.6 Å². The monoisotopic (exact) mass is 464 g/mol. The number of benzene rings is 2. The van der Waals surface area contributed by atoms with Crippen LogP contribution < -0.4 is 15.0 Å². The molecule has 1 amide bonds. The zero-order chi connectivity index (χ0) is 22.9. The van der Waals surface area contributed by atoms with Crippen molar-refractivity contribution in [2.45, 2.75) is 51.0 Å². The molecule has 2 aromatic carbocycles. The van der Waals surface area contributed by atoms with Crippen molar-refractivity contribution in [3.63, 3.8) is 0 Å². The highest BCUT2D eigenvalue weighted by atomic mass is 35.5. The van der Waals surface area contributed by atoms with Gasteiger partial charge >= 0.3 is 0 Å². The van der Waals surface area contributed by atoms with E-state index in [1.807, 2.05) is 11.8 Å². The van der Waals surface area contributed by atoms with Gasteiger partial charge in [0.2, 0.25) is 5.91 Å². The molecule has 32 heavy (non-hydrogen) atoms. The van der Waals surface area contributed by atoms with E-state index >= 15 is 0 Å². The number of rotatable bonds is 6. The number of amides is 1. The van der Waals surface area contributed by atoms with Crippen molar-refractivity contribution in [3.8, 4) is 5.75 Å². The first-order chi connectivity index (χ1) is 15.3. The Labute approximate surface area is 191 Å². The fourth-order valence-corrected chi connectivity index (χ4v) is 4.61. The molecular formula is C24H27ClF2N2O3. The predicted octanol–water partition coefficient (Wildman–Crippen LogP) is 4.87. The topological polar surface area (TPSA) is 61.8 Å². The number of carbonyl (C=O) groups is 1. The van der Waals surface area contributed by atoms with Crippen LogP contribution in [0.5, 0.6) is 5.75 Å². The average molecular weight is 465 g/mol. The number of fused-ring (bicyclic) bond motifs is 1. The lowest BCUT2D eigenvalue weighted by molar-refractivity contribution is -0.116. The lowest BCUT2D eigenvalue weighted by atomic mass is 9.91. The summed E-state index contributed by atoms with van der Waals surface area (Å²) < 4.78 is 34.5. The molecule has 1 saturated heterocycles. The van der Waals surface area contributed by atoms with Crippen LogP contribution in [-0.4, -0.2) is 36.3 Å². The lowest BCUT2D eigenvalue weighted by Gasteiger charge is -2.39. The molecule has 0 radical (unpaired) electrons. The van der Waals surface area contributed by atoms with E-state index in [0.717, 1.165) is 18.4 Å². The van der Waals surface area contributed by atoms with Crippen LogP contribution in [0.4, 0.5) is 20.2 Å². The highest BCUT2D eigenvalue weighted by molar-refractivity contribution is 6.31. The minimum Gasteiger partial charge on any atom is -0.490 e. The molecule has 8 heteroatoms. The molecule has 5 nitrogen and oxygen atoms in total. The Kier molecular flexibility index (Phi) is 6.58. The van der Waals surface area contributed by atoms with Crippen LogP contribution in [-0.2, 0) is 17.6 Å². The van der Waals surface area contributed by atoms with Crippen LogP contribution in [0.15, 0.2) is 24.3 Å². The molecular weight excluding hydrogens is 438 g/mol. The largest absolute Gasteiger partial charge is 0.490 e. The maximum Gasteiger partial charge on any atom is 0.224 e. The van der Waals surface area contributed by atoms with Crippen molar-refractivity contribution in [2.75, 3.05) is 29.9 Å². The maximum atomic E-state index is 14.6. The van der Waals surface area contributed by atoms with Gasteiger partial charge in [0.25, 0.3) is 0 Å². The fourth-order valence-electron chi connectivity index (χ4n) is 4.36. The summed E-state index contributed by atoms with van der Waals surface area (Å²) in [6.07, 6.45) is 3.14. The summed E-state index contributed by atoms with van der Waals surface area (Å²) in [6.45, 7) is 3.03. The van der Waals surface area contributed by atoms with E-state index in [-0.39, 0.29) is 30.4 Å². The molecule has 0 aromatic heterocycles. The molecule has 4 rings (SSSR count). The van der Waals surface area contributed by atoms with Gasteiger partial charge in [-0.1, -0.05) is 24.9 Å². The first-order valence-corrected chi connectivity index (χ1v) is 11.4. The molecule has 172 valence electrons. The second-order valence-corrected chi connectivity index (χ2v) is 9.00. The number of hydrogen-bond acceptors (Lipinski definition) is 4. The Balaban J connectivity index is 1.42. The third kappa shape index (κ3) is 4.69. The number of hydrogen-bond donors (Lipinski definition) is 2. The van der Waals surface area contributed by atoms with Crippen LogP contribution >= 0.6 is 11.6 Å². The number of nitrogens with zero attached hydrogens (tertiary/aromatic N) is 1. The zero-order valence-electron chi connectivity index (χ0n) is 18.0. The molecule has 0 unspecified atom stereocenters. The quantitative estimate of drug-likeness (QED) is 0.640. The first kappa shape index (κ1) is 22.8. The van der Waals surface area contributed by atoms with E-state index in [9.17, 15) is 18.7 Å². The molecule has 0 aliphatic carbocycles. The number of halogens is 3. The van der Waals surface area contributed by atoms with Gasteiger partial charge in [-0.3, -0.25) is 4.79 Å². The van der Waals surface area contributed by atoms with E-state index in [1.54, 1.807) is 6.07 Å². The SMILES string of the molecule is CCCc1cc(N2CCC(O)(COc3ccc(F)c4c3CCC(=O)N4)CC2)c(F)cc1Cl. The second-order valence-electron chi connectivity index (χ2n) is 8.59. The summed E-state index contributed by atoms with van der Waals surface area (Å²) >= 11 is 6.17. The fraction of sp³-hybridized carbons (Fsp3) is 0.458. The van der Waals surface area contributed by atoms with Crippen molar-refractivity contribution < 1.29 is 23.4 Å². The summed E-state index contributed by atoms with van der Waals surface area (Å²) in [4.78, 5) is 13.5. The van der Waals surface area contributed by atoms with Gasteiger partial charge in [0.15, 0.2) is 0 Å². The molecule has 2 N–H and O–H groups in total. The molecule has 0 atom stereocenters. The van der Waals surface area contributed by atoms with Gasteiger partial charge in [0, 0.05) is 30.1 Å². The van der Waals surface area contributed by atoms with E-state index in [0.29, 0.717) is 54.4 Å². The zero-order valence-corrected chi connectivity index (χ0v) is 18.8. The van der Waals surface area contributed by atoms with Gasteiger partial charge in [-0.15, -0.1) is 0 Å². The average Bonchev–Trinajstić information content (AvgIpc) is 2.76.